The molecule has 6 nitrogen and oxygen atoms in total. The summed E-state index contributed by atoms with van der Waals surface area (Å²) in [6.45, 7) is 3.19. The molecule has 0 aliphatic carbocycles. The van der Waals surface area contributed by atoms with Gasteiger partial charge in [-0.25, -0.2) is 4.79 Å². The van der Waals surface area contributed by atoms with Crippen LogP contribution < -0.4 is 5.32 Å². The Morgan fingerprint density at radius 3 is 2.66 bits per heavy atom. The highest BCUT2D eigenvalue weighted by atomic mass is 35.5. The van der Waals surface area contributed by atoms with Gasteiger partial charge in [-0.3, -0.25) is 9.69 Å². The maximum absolute atomic E-state index is 12.8. The number of ether oxygens (including phenoxy) is 2. The number of morpholine rings is 1. The smallest absolute Gasteiger partial charge is 0.339 e. The fraction of sp³-hybridized carbons (Fsp3) is 0.364. The summed E-state index contributed by atoms with van der Waals surface area (Å²) in [6.07, 6.45) is -0.448. The molecule has 1 N–H and O–H groups in total. The topological polar surface area (TPSA) is 67.9 Å². The highest BCUT2D eigenvalue weighted by molar-refractivity contribution is 6.31. The number of rotatable bonds is 5. The zero-order chi connectivity index (χ0) is 20.2. The molecule has 2 atom stereocenters. The fourth-order valence-electron chi connectivity index (χ4n) is 3.86. The third-order valence-electron chi connectivity index (χ3n) is 5.40. The van der Waals surface area contributed by atoms with E-state index >= 15 is 0 Å². The third-order valence-corrected chi connectivity index (χ3v) is 5.75. The van der Waals surface area contributed by atoms with Crippen molar-refractivity contribution in [2.75, 3.05) is 32.8 Å². The van der Waals surface area contributed by atoms with E-state index in [2.05, 4.69) is 10.2 Å². The molecule has 0 radical (unpaired) electrons. The van der Waals surface area contributed by atoms with Crippen LogP contribution in [0.5, 0.6) is 0 Å². The molecule has 2 unspecified atom stereocenters. The number of esters is 1. The van der Waals surface area contributed by atoms with Crippen LogP contribution in [0.3, 0.4) is 0 Å². The van der Waals surface area contributed by atoms with Gasteiger partial charge in [-0.05, 0) is 23.3 Å². The second-order valence-corrected chi connectivity index (χ2v) is 7.59. The summed E-state index contributed by atoms with van der Waals surface area (Å²) in [6, 6.07) is 14.8. The van der Waals surface area contributed by atoms with E-state index in [4.69, 9.17) is 21.1 Å². The minimum Gasteiger partial charge on any atom is -0.448 e. The Kier molecular flexibility index (Phi) is 6.13. The summed E-state index contributed by atoms with van der Waals surface area (Å²) < 4.78 is 10.8. The third kappa shape index (κ3) is 4.45. The number of halogens is 1. The Hall–Kier alpha value is -2.41. The molecule has 2 aromatic rings. The fourth-order valence-corrected chi connectivity index (χ4v) is 4.12. The lowest BCUT2D eigenvalue weighted by Gasteiger charge is -2.35. The Morgan fingerprint density at radius 1 is 1.14 bits per heavy atom. The van der Waals surface area contributed by atoms with E-state index in [0.29, 0.717) is 36.8 Å². The van der Waals surface area contributed by atoms with Gasteiger partial charge in [0.25, 0.3) is 5.91 Å². The normalized spacial score (nSPS) is 20.4. The van der Waals surface area contributed by atoms with E-state index < -0.39 is 12.1 Å². The van der Waals surface area contributed by atoms with Crippen LogP contribution in [-0.2, 0) is 20.7 Å². The molecule has 0 bridgehead atoms. The lowest BCUT2D eigenvalue weighted by atomic mass is 9.98. The van der Waals surface area contributed by atoms with Crippen molar-refractivity contribution in [2.45, 2.75) is 18.6 Å². The van der Waals surface area contributed by atoms with E-state index in [9.17, 15) is 9.59 Å². The van der Waals surface area contributed by atoms with Crippen LogP contribution in [0, 0.1) is 0 Å². The minimum absolute atomic E-state index is 0.0804. The zero-order valence-electron chi connectivity index (χ0n) is 16.0. The minimum atomic E-state index is -0.825. The number of nitrogens with zero attached hydrogens (tertiary/aromatic N) is 1. The van der Waals surface area contributed by atoms with Crippen molar-refractivity contribution in [3.63, 3.8) is 0 Å². The standard InChI is InChI=1S/C22H23ClN2O4/c23-18-8-4-3-7-17(18)19(25-9-11-28-12-10-25)14-24-21(26)20-13-15-5-1-2-6-16(15)22(27)29-20/h1-8,19-20H,9-14H2,(H,24,26). The van der Waals surface area contributed by atoms with Gasteiger partial charge in [-0.1, -0.05) is 48.0 Å². The van der Waals surface area contributed by atoms with Crippen molar-refractivity contribution in [2.24, 2.45) is 0 Å². The van der Waals surface area contributed by atoms with Crippen LogP contribution in [-0.4, -0.2) is 55.7 Å². The molecule has 1 saturated heterocycles. The zero-order valence-corrected chi connectivity index (χ0v) is 16.7. The quantitative estimate of drug-likeness (QED) is 0.762. The van der Waals surface area contributed by atoms with Gasteiger partial charge >= 0.3 is 5.97 Å². The van der Waals surface area contributed by atoms with E-state index in [0.717, 1.165) is 24.2 Å². The van der Waals surface area contributed by atoms with Crippen molar-refractivity contribution in [3.8, 4) is 0 Å². The number of amides is 1. The molecule has 7 heteroatoms. The van der Waals surface area contributed by atoms with Crippen LogP contribution in [0.1, 0.15) is 27.5 Å². The molecule has 2 aromatic carbocycles. The summed E-state index contributed by atoms with van der Waals surface area (Å²) in [5.41, 5.74) is 2.32. The predicted molar refractivity (Wildman–Crippen MR) is 109 cm³/mol. The average molecular weight is 415 g/mol. The SMILES string of the molecule is O=C1OC(C(=O)NCC(c2ccccc2Cl)N2CCOCC2)Cc2ccccc21. The Labute approximate surface area is 174 Å². The molecule has 1 amide bonds. The number of nitrogens with one attached hydrogen (secondary N) is 1. The number of hydrogen-bond acceptors (Lipinski definition) is 5. The number of fused-ring (bicyclic) bond motifs is 1. The van der Waals surface area contributed by atoms with Crippen LogP contribution in [0.4, 0.5) is 0 Å². The van der Waals surface area contributed by atoms with E-state index in [1.807, 2.05) is 36.4 Å². The molecule has 4 rings (SSSR count). The first kappa shape index (κ1) is 19.9. The molecule has 1 fully saturated rings. The first-order valence-corrected chi connectivity index (χ1v) is 10.1. The summed E-state index contributed by atoms with van der Waals surface area (Å²) in [5, 5.41) is 3.63. The number of hydrogen-bond donors (Lipinski definition) is 1. The van der Waals surface area contributed by atoms with Crippen molar-refractivity contribution >= 4 is 23.5 Å². The summed E-state index contributed by atoms with van der Waals surface area (Å²) in [4.78, 5) is 27.3. The van der Waals surface area contributed by atoms with Gasteiger partial charge < -0.3 is 14.8 Å². The van der Waals surface area contributed by atoms with Gasteiger partial charge in [-0.15, -0.1) is 0 Å². The van der Waals surface area contributed by atoms with Crippen LogP contribution in [0.2, 0.25) is 5.02 Å². The maximum atomic E-state index is 12.8. The summed E-state index contributed by atoms with van der Waals surface area (Å²) in [5.74, 6) is -0.749. The van der Waals surface area contributed by atoms with Gasteiger partial charge in [0, 0.05) is 31.1 Å². The van der Waals surface area contributed by atoms with Crippen LogP contribution in [0.25, 0.3) is 0 Å². The molecule has 29 heavy (non-hydrogen) atoms. The van der Waals surface area contributed by atoms with Gasteiger partial charge in [0.2, 0.25) is 0 Å². The molecule has 0 spiro atoms. The maximum Gasteiger partial charge on any atom is 0.339 e. The molecule has 0 aromatic heterocycles. The Bertz CT molecular complexity index is 898. The highest BCUT2D eigenvalue weighted by Gasteiger charge is 2.32. The lowest BCUT2D eigenvalue weighted by Crippen LogP contribution is -2.47. The largest absolute Gasteiger partial charge is 0.448 e. The van der Waals surface area contributed by atoms with Crippen molar-refractivity contribution < 1.29 is 19.1 Å². The van der Waals surface area contributed by atoms with Crippen LogP contribution >= 0.6 is 11.6 Å². The first-order valence-electron chi connectivity index (χ1n) is 9.76. The molecule has 2 aliphatic rings. The van der Waals surface area contributed by atoms with Gasteiger partial charge in [0.05, 0.1) is 24.8 Å². The first-order chi connectivity index (χ1) is 14.1. The number of carbonyl (C=O) groups is 2. The second kappa shape index (κ2) is 8.95. The number of cyclic esters (lactones) is 1. The van der Waals surface area contributed by atoms with Crippen LogP contribution in [0.15, 0.2) is 48.5 Å². The molecular formula is C22H23ClN2O4. The van der Waals surface area contributed by atoms with Gasteiger partial charge in [0.15, 0.2) is 6.10 Å². The molecule has 2 aliphatic heterocycles. The second-order valence-electron chi connectivity index (χ2n) is 7.19. The lowest BCUT2D eigenvalue weighted by molar-refractivity contribution is -0.130. The van der Waals surface area contributed by atoms with Crippen molar-refractivity contribution in [1.82, 2.24) is 10.2 Å². The monoisotopic (exact) mass is 414 g/mol. The van der Waals surface area contributed by atoms with Crippen molar-refractivity contribution in [1.29, 1.82) is 0 Å². The number of carbonyl (C=O) groups excluding carboxylic acids is 2. The molecular weight excluding hydrogens is 392 g/mol. The van der Waals surface area contributed by atoms with E-state index in [-0.39, 0.29) is 11.9 Å². The summed E-state index contributed by atoms with van der Waals surface area (Å²) in [7, 11) is 0. The van der Waals surface area contributed by atoms with E-state index in [1.165, 1.54) is 0 Å². The van der Waals surface area contributed by atoms with Crippen molar-refractivity contribution in [3.05, 3.63) is 70.2 Å². The van der Waals surface area contributed by atoms with Gasteiger partial charge in [-0.2, -0.15) is 0 Å². The predicted octanol–water partition coefficient (Wildman–Crippen LogP) is 2.61. The molecule has 2 heterocycles. The average Bonchev–Trinajstić information content (AvgIpc) is 2.75. The van der Waals surface area contributed by atoms with Gasteiger partial charge in [0.1, 0.15) is 0 Å². The molecule has 0 saturated carbocycles. The Balaban J connectivity index is 1.47. The van der Waals surface area contributed by atoms with E-state index in [1.54, 1.807) is 12.1 Å². The summed E-state index contributed by atoms with van der Waals surface area (Å²) >= 11 is 6.44. The Morgan fingerprint density at radius 2 is 1.86 bits per heavy atom. The molecule has 152 valence electrons. The number of benzene rings is 2. The highest BCUT2D eigenvalue weighted by Crippen LogP contribution is 2.28.